The number of rotatable bonds is 4. The molecule has 7 heteroatoms. The number of hydrogen-bond acceptors (Lipinski definition) is 5. The van der Waals surface area contributed by atoms with Crippen LogP contribution in [0.5, 0.6) is 0 Å². The molecule has 2 saturated heterocycles. The summed E-state index contributed by atoms with van der Waals surface area (Å²) < 4.78 is 0. The second-order valence-corrected chi connectivity index (χ2v) is 7.18. The summed E-state index contributed by atoms with van der Waals surface area (Å²) in [6.45, 7) is 2.09. The van der Waals surface area contributed by atoms with Gasteiger partial charge in [0.25, 0.3) is 5.91 Å². The first-order valence-corrected chi connectivity index (χ1v) is 9.21. The normalized spacial score (nSPS) is 23.0. The molecule has 0 saturated carbocycles. The number of carbonyl (C=O) groups excluding carboxylic acids is 2. The van der Waals surface area contributed by atoms with E-state index in [0.717, 1.165) is 31.1 Å². The van der Waals surface area contributed by atoms with Crippen molar-refractivity contribution < 1.29 is 9.59 Å². The maximum Gasteiger partial charge on any atom is 0.251 e. The summed E-state index contributed by atoms with van der Waals surface area (Å²) in [4.78, 5) is 26.4. The molecule has 3 rings (SSSR count). The number of thioether (sulfide) groups is 1. The van der Waals surface area contributed by atoms with Crippen molar-refractivity contribution in [2.75, 3.05) is 31.3 Å². The van der Waals surface area contributed by atoms with Gasteiger partial charge in [0.2, 0.25) is 5.91 Å². The fourth-order valence-corrected chi connectivity index (χ4v) is 3.99. The number of benzene rings is 1. The molecule has 2 aliphatic rings. The van der Waals surface area contributed by atoms with Crippen LogP contribution in [-0.2, 0) is 4.79 Å². The van der Waals surface area contributed by atoms with Gasteiger partial charge in [0.05, 0.1) is 23.6 Å². The highest BCUT2D eigenvalue weighted by Gasteiger charge is 2.33. The van der Waals surface area contributed by atoms with Gasteiger partial charge < -0.3 is 15.5 Å². The lowest BCUT2D eigenvalue weighted by molar-refractivity contribution is -0.131. The van der Waals surface area contributed by atoms with Gasteiger partial charge in [0, 0.05) is 31.0 Å². The smallest absolute Gasteiger partial charge is 0.251 e. The van der Waals surface area contributed by atoms with Crippen LogP contribution >= 0.6 is 11.8 Å². The fourth-order valence-electron chi connectivity index (χ4n) is 3.03. The maximum absolute atomic E-state index is 12.4. The molecule has 2 atom stereocenters. The number of nitrogens with one attached hydrogen (secondary N) is 2. The largest absolute Gasteiger partial charge is 0.352 e. The second kappa shape index (κ2) is 7.69. The standard InChI is InChI=1S/C17H20N4O2S/c18-8-12-2-1-3-14(6-12)16(22)20-10-13-7-15(19-9-13)17(23)21-4-5-24-11-21/h1-3,6,13,15,19H,4-5,7,9-11H2,(H,20,22). The third kappa shape index (κ3) is 3.89. The molecular formula is C17H20N4O2S. The van der Waals surface area contributed by atoms with Gasteiger partial charge in [-0.1, -0.05) is 6.07 Å². The van der Waals surface area contributed by atoms with E-state index in [4.69, 9.17) is 5.26 Å². The summed E-state index contributed by atoms with van der Waals surface area (Å²) in [6.07, 6.45) is 0.749. The number of nitriles is 1. The number of nitrogens with zero attached hydrogens (tertiary/aromatic N) is 2. The molecule has 0 bridgehead atoms. The SMILES string of the molecule is N#Cc1cccc(C(=O)NCC2CNC(C(=O)N3CCSC3)C2)c1. The van der Waals surface area contributed by atoms with Crippen LogP contribution in [0.25, 0.3) is 0 Å². The lowest BCUT2D eigenvalue weighted by atomic mass is 10.0. The van der Waals surface area contributed by atoms with E-state index in [1.54, 1.807) is 36.0 Å². The molecule has 2 unspecified atom stereocenters. The summed E-state index contributed by atoms with van der Waals surface area (Å²) in [5.41, 5.74) is 0.959. The summed E-state index contributed by atoms with van der Waals surface area (Å²) in [6, 6.07) is 8.55. The zero-order valence-corrected chi connectivity index (χ0v) is 14.1. The van der Waals surface area contributed by atoms with Crippen molar-refractivity contribution in [3.8, 4) is 6.07 Å². The molecule has 0 aliphatic carbocycles. The van der Waals surface area contributed by atoms with Crippen LogP contribution in [0.1, 0.15) is 22.3 Å². The van der Waals surface area contributed by atoms with Gasteiger partial charge in [-0.3, -0.25) is 9.59 Å². The van der Waals surface area contributed by atoms with Gasteiger partial charge >= 0.3 is 0 Å². The van der Waals surface area contributed by atoms with Gasteiger partial charge in [-0.05, 0) is 30.5 Å². The highest BCUT2D eigenvalue weighted by Crippen LogP contribution is 2.20. The van der Waals surface area contributed by atoms with Crippen molar-refractivity contribution in [1.29, 1.82) is 5.26 Å². The number of carbonyl (C=O) groups is 2. The summed E-state index contributed by atoms with van der Waals surface area (Å²) in [7, 11) is 0. The Morgan fingerprint density at radius 3 is 3.08 bits per heavy atom. The van der Waals surface area contributed by atoms with E-state index in [9.17, 15) is 9.59 Å². The predicted octanol–water partition coefficient (Wildman–Crippen LogP) is 0.799. The van der Waals surface area contributed by atoms with Crippen LogP contribution < -0.4 is 10.6 Å². The average molecular weight is 344 g/mol. The minimum absolute atomic E-state index is 0.132. The van der Waals surface area contributed by atoms with Crippen LogP contribution in [0.4, 0.5) is 0 Å². The monoisotopic (exact) mass is 344 g/mol. The molecule has 0 aromatic heterocycles. The third-order valence-corrected chi connectivity index (χ3v) is 5.36. The van der Waals surface area contributed by atoms with E-state index in [1.807, 2.05) is 11.0 Å². The summed E-state index contributed by atoms with van der Waals surface area (Å²) in [5.74, 6) is 2.04. The quantitative estimate of drug-likeness (QED) is 0.844. The zero-order chi connectivity index (χ0) is 16.9. The third-order valence-electron chi connectivity index (χ3n) is 4.39. The first kappa shape index (κ1) is 16.8. The van der Waals surface area contributed by atoms with Crippen LogP contribution in [0, 0.1) is 17.2 Å². The Labute approximate surface area is 145 Å². The molecule has 0 radical (unpaired) electrons. The van der Waals surface area contributed by atoms with Gasteiger partial charge in [-0.15, -0.1) is 11.8 Å². The first-order valence-electron chi connectivity index (χ1n) is 8.05. The Hall–Kier alpha value is -2.04. The van der Waals surface area contributed by atoms with Crippen LogP contribution in [0.3, 0.4) is 0 Å². The molecule has 6 nitrogen and oxygen atoms in total. The average Bonchev–Trinajstić information content (AvgIpc) is 3.31. The van der Waals surface area contributed by atoms with Gasteiger partial charge in [-0.25, -0.2) is 0 Å². The molecule has 2 fully saturated rings. The molecule has 2 amide bonds. The fraction of sp³-hybridized carbons (Fsp3) is 0.471. The van der Waals surface area contributed by atoms with Crippen molar-refractivity contribution in [2.24, 2.45) is 5.92 Å². The Morgan fingerprint density at radius 1 is 1.46 bits per heavy atom. The van der Waals surface area contributed by atoms with Gasteiger partial charge in [0.15, 0.2) is 0 Å². The molecule has 24 heavy (non-hydrogen) atoms. The van der Waals surface area contributed by atoms with E-state index < -0.39 is 0 Å². The molecule has 1 aromatic carbocycles. The Balaban J connectivity index is 1.48. The van der Waals surface area contributed by atoms with Crippen molar-refractivity contribution in [3.05, 3.63) is 35.4 Å². The highest BCUT2D eigenvalue weighted by atomic mass is 32.2. The molecule has 2 N–H and O–H groups in total. The minimum atomic E-state index is -0.183. The molecule has 1 aromatic rings. The predicted molar refractivity (Wildman–Crippen MR) is 92.4 cm³/mol. The van der Waals surface area contributed by atoms with Crippen LogP contribution in [0.15, 0.2) is 24.3 Å². The zero-order valence-electron chi connectivity index (χ0n) is 13.3. The molecule has 126 valence electrons. The molecular weight excluding hydrogens is 324 g/mol. The van der Waals surface area contributed by atoms with Crippen molar-refractivity contribution >= 4 is 23.6 Å². The minimum Gasteiger partial charge on any atom is -0.352 e. The summed E-state index contributed by atoms with van der Waals surface area (Å²) in [5, 5.41) is 15.1. The van der Waals surface area contributed by atoms with E-state index in [0.29, 0.717) is 17.7 Å². The van der Waals surface area contributed by atoms with Crippen molar-refractivity contribution in [3.63, 3.8) is 0 Å². The van der Waals surface area contributed by atoms with Crippen molar-refractivity contribution in [1.82, 2.24) is 15.5 Å². The Morgan fingerprint density at radius 2 is 2.33 bits per heavy atom. The van der Waals surface area contributed by atoms with Crippen molar-refractivity contribution in [2.45, 2.75) is 12.5 Å². The van der Waals surface area contributed by atoms with E-state index >= 15 is 0 Å². The van der Waals surface area contributed by atoms with E-state index in [1.165, 1.54) is 0 Å². The molecule has 2 heterocycles. The Kier molecular flexibility index (Phi) is 5.38. The molecule has 0 spiro atoms. The highest BCUT2D eigenvalue weighted by molar-refractivity contribution is 7.99. The van der Waals surface area contributed by atoms with Crippen LogP contribution in [0.2, 0.25) is 0 Å². The molecule has 2 aliphatic heterocycles. The Bertz CT molecular complexity index is 667. The van der Waals surface area contributed by atoms with Crippen LogP contribution in [-0.4, -0.2) is 54.0 Å². The summed E-state index contributed by atoms with van der Waals surface area (Å²) >= 11 is 1.78. The second-order valence-electron chi connectivity index (χ2n) is 6.10. The topological polar surface area (TPSA) is 85.2 Å². The number of hydrogen-bond donors (Lipinski definition) is 2. The lowest BCUT2D eigenvalue weighted by Crippen LogP contribution is -2.42. The van der Waals surface area contributed by atoms with Gasteiger partial charge in [0.1, 0.15) is 0 Å². The number of amides is 2. The van der Waals surface area contributed by atoms with E-state index in [2.05, 4.69) is 10.6 Å². The van der Waals surface area contributed by atoms with E-state index in [-0.39, 0.29) is 23.8 Å². The van der Waals surface area contributed by atoms with Gasteiger partial charge in [-0.2, -0.15) is 5.26 Å². The first-order chi connectivity index (χ1) is 11.7. The maximum atomic E-state index is 12.4. The lowest BCUT2D eigenvalue weighted by Gasteiger charge is -2.19.